The number of aromatic nitrogens is 2. The zero-order chi connectivity index (χ0) is 13.7. The Bertz CT molecular complexity index is 417. The third-order valence-electron chi connectivity index (χ3n) is 2.54. The molecule has 7 heteroatoms. The topological polar surface area (TPSA) is 73.0 Å². The molecule has 18 heavy (non-hydrogen) atoms. The van der Waals surface area contributed by atoms with Crippen molar-refractivity contribution in [1.29, 1.82) is 0 Å². The van der Waals surface area contributed by atoms with Crippen molar-refractivity contribution >= 4 is 23.3 Å². The van der Waals surface area contributed by atoms with Gasteiger partial charge in [-0.2, -0.15) is 16.9 Å². The first-order chi connectivity index (χ1) is 8.49. The molecule has 0 aliphatic carbocycles. The van der Waals surface area contributed by atoms with Gasteiger partial charge in [0.25, 0.3) is 0 Å². The van der Waals surface area contributed by atoms with E-state index in [4.69, 9.17) is 0 Å². The maximum atomic E-state index is 11.1. The number of thioether (sulfide) groups is 1. The molecule has 1 N–H and O–H groups in total. The Balaban J connectivity index is 2.93. The molecule has 0 spiro atoms. The van der Waals surface area contributed by atoms with Crippen molar-refractivity contribution in [2.24, 2.45) is 0 Å². The lowest BCUT2D eigenvalue weighted by molar-refractivity contribution is -0.384. The van der Waals surface area contributed by atoms with Gasteiger partial charge in [0.2, 0.25) is 5.82 Å². The summed E-state index contributed by atoms with van der Waals surface area (Å²) in [6.07, 6.45) is 3.02. The number of nitrogens with one attached hydrogen (secondary N) is 1. The van der Waals surface area contributed by atoms with E-state index in [1.54, 1.807) is 23.4 Å². The molecule has 0 saturated carbocycles. The smallest absolute Gasteiger partial charge is 0.333 e. The minimum Gasteiger partial charge on any atom is -0.364 e. The van der Waals surface area contributed by atoms with E-state index < -0.39 is 0 Å². The molecule has 1 rings (SSSR count). The van der Waals surface area contributed by atoms with Gasteiger partial charge in [-0.1, -0.05) is 0 Å². The van der Waals surface area contributed by atoms with Crippen LogP contribution in [0, 0.1) is 17.0 Å². The molecule has 1 aromatic heterocycles. The number of aryl methyl sites for hydroxylation is 1. The molecule has 0 aromatic carbocycles. The van der Waals surface area contributed by atoms with Crippen molar-refractivity contribution in [2.75, 3.05) is 23.9 Å². The van der Waals surface area contributed by atoms with E-state index in [0.717, 1.165) is 18.7 Å². The van der Waals surface area contributed by atoms with Crippen molar-refractivity contribution in [2.45, 2.75) is 33.2 Å². The summed E-state index contributed by atoms with van der Waals surface area (Å²) in [6, 6.07) is 0.0976. The number of anilines is 1. The Hall–Kier alpha value is -1.24. The van der Waals surface area contributed by atoms with Gasteiger partial charge >= 0.3 is 5.69 Å². The molecule has 0 aliphatic heterocycles. The summed E-state index contributed by atoms with van der Waals surface area (Å²) in [6.45, 7) is 6.32. The molecule has 0 atom stereocenters. The van der Waals surface area contributed by atoms with E-state index in [1.807, 2.05) is 20.1 Å². The van der Waals surface area contributed by atoms with Crippen LogP contribution in [0.5, 0.6) is 0 Å². The summed E-state index contributed by atoms with van der Waals surface area (Å²) in [5.41, 5.74) is 0.550. The van der Waals surface area contributed by atoms with E-state index in [1.165, 1.54) is 0 Å². The van der Waals surface area contributed by atoms with Gasteiger partial charge in [-0.15, -0.1) is 0 Å². The van der Waals surface area contributed by atoms with E-state index in [-0.39, 0.29) is 16.7 Å². The van der Waals surface area contributed by atoms with E-state index in [2.05, 4.69) is 10.4 Å². The molecule has 1 heterocycles. The lowest BCUT2D eigenvalue weighted by atomic mass is 10.3. The van der Waals surface area contributed by atoms with Crippen LogP contribution in [-0.4, -0.2) is 33.3 Å². The highest BCUT2D eigenvalue weighted by Gasteiger charge is 2.25. The first kappa shape index (κ1) is 14.8. The third kappa shape index (κ3) is 3.38. The summed E-state index contributed by atoms with van der Waals surface area (Å²) < 4.78 is 1.69. The van der Waals surface area contributed by atoms with Crippen LogP contribution in [-0.2, 0) is 0 Å². The lowest BCUT2D eigenvalue weighted by Crippen LogP contribution is -2.12. The Morgan fingerprint density at radius 1 is 1.56 bits per heavy atom. The molecule has 0 fully saturated rings. The molecule has 0 saturated heterocycles. The van der Waals surface area contributed by atoms with Crippen LogP contribution in [0.15, 0.2) is 0 Å². The van der Waals surface area contributed by atoms with Gasteiger partial charge in [0.05, 0.1) is 4.92 Å². The van der Waals surface area contributed by atoms with Crippen molar-refractivity contribution in [1.82, 2.24) is 9.78 Å². The summed E-state index contributed by atoms with van der Waals surface area (Å²) in [5.74, 6) is 1.56. The van der Waals surface area contributed by atoms with Crippen LogP contribution in [0.1, 0.15) is 32.0 Å². The third-order valence-corrected chi connectivity index (χ3v) is 3.24. The first-order valence-corrected chi connectivity index (χ1v) is 7.34. The molecule has 0 aliphatic rings. The molecular formula is C11H20N4O2S. The van der Waals surface area contributed by atoms with Gasteiger partial charge in [-0.05, 0) is 39.2 Å². The number of hydrogen-bond acceptors (Lipinski definition) is 5. The standard InChI is InChI=1S/C11H20N4O2S/c1-8(2)14-11(12-6-5-7-18-4)10(15(16)17)9(3)13-14/h8,12H,5-7H2,1-4H3. The maximum absolute atomic E-state index is 11.1. The summed E-state index contributed by atoms with van der Waals surface area (Å²) in [7, 11) is 0. The van der Waals surface area contributed by atoms with Crippen molar-refractivity contribution in [3.63, 3.8) is 0 Å². The van der Waals surface area contributed by atoms with Crippen molar-refractivity contribution in [3.05, 3.63) is 15.8 Å². The second-order valence-corrected chi connectivity index (χ2v) is 5.34. The van der Waals surface area contributed by atoms with Crippen molar-refractivity contribution in [3.8, 4) is 0 Å². The second-order valence-electron chi connectivity index (χ2n) is 4.35. The average Bonchev–Trinajstić information content (AvgIpc) is 2.62. The van der Waals surface area contributed by atoms with Gasteiger partial charge in [-0.25, -0.2) is 4.68 Å². The van der Waals surface area contributed by atoms with Gasteiger partial charge in [0.15, 0.2) is 0 Å². The average molecular weight is 272 g/mol. The normalized spacial score (nSPS) is 10.9. The Morgan fingerprint density at radius 3 is 2.72 bits per heavy atom. The van der Waals surface area contributed by atoms with Gasteiger partial charge in [0.1, 0.15) is 5.69 Å². The summed E-state index contributed by atoms with van der Waals surface area (Å²) in [4.78, 5) is 10.7. The number of nitrogens with zero attached hydrogens (tertiary/aromatic N) is 3. The Morgan fingerprint density at radius 2 is 2.22 bits per heavy atom. The highest BCUT2D eigenvalue weighted by molar-refractivity contribution is 7.98. The van der Waals surface area contributed by atoms with E-state index in [0.29, 0.717) is 11.5 Å². The molecule has 0 radical (unpaired) electrons. The van der Waals surface area contributed by atoms with Gasteiger partial charge in [0, 0.05) is 12.6 Å². The Labute approximate surface area is 111 Å². The monoisotopic (exact) mass is 272 g/mol. The zero-order valence-corrected chi connectivity index (χ0v) is 12.1. The fraction of sp³-hybridized carbons (Fsp3) is 0.727. The highest BCUT2D eigenvalue weighted by Crippen LogP contribution is 2.30. The van der Waals surface area contributed by atoms with E-state index >= 15 is 0 Å². The molecule has 6 nitrogen and oxygen atoms in total. The summed E-state index contributed by atoms with van der Waals surface area (Å²) in [5, 5.41) is 18.5. The highest BCUT2D eigenvalue weighted by atomic mass is 32.2. The SMILES string of the molecule is CSCCCNc1c([N+](=O)[O-])c(C)nn1C(C)C. The number of nitro groups is 1. The van der Waals surface area contributed by atoms with Crippen molar-refractivity contribution < 1.29 is 4.92 Å². The van der Waals surface area contributed by atoms with Crippen LogP contribution in [0.4, 0.5) is 11.5 Å². The first-order valence-electron chi connectivity index (χ1n) is 5.95. The zero-order valence-electron chi connectivity index (χ0n) is 11.3. The van der Waals surface area contributed by atoms with Gasteiger partial charge < -0.3 is 5.32 Å². The molecule has 0 amide bonds. The largest absolute Gasteiger partial charge is 0.364 e. The molecule has 1 aromatic rings. The molecular weight excluding hydrogens is 252 g/mol. The predicted molar refractivity (Wildman–Crippen MR) is 75.5 cm³/mol. The quantitative estimate of drug-likeness (QED) is 0.469. The van der Waals surface area contributed by atoms with Gasteiger partial charge in [-0.3, -0.25) is 10.1 Å². The van der Waals surface area contributed by atoms with E-state index in [9.17, 15) is 10.1 Å². The fourth-order valence-corrected chi connectivity index (χ4v) is 2.15. The second kappa shape index (κ2) is 6.63. The minimum absolute atomic E-state index is 0.0906. The molecule has 0 unspecified atom stereocenters. The summed E-state index contributed by atoms with van der Waals surface area (Å²) >= 11 is 1.77. The lowest BCUT2D eigenvalue weighted by Gasteiger charge is -2.11. The predicted octanol–water partition coefficient (Wildman–Crippen LogP) is 2.85. The minimum atomic E-state index is -0.363. The molecule has 0 bridgehead atoms. The van der Waals surface area contributed by atoms with Crippen LogP contribution >= 0.6 is 11.8 Å². The van der Waals surface area contributed by atoms with Crippen LogP contribution < -0.4 is 5.32 Å². The number of rotatable bonds is 7. The maximum Gasteiger partial charge on any atom is 0.333 e. The van der Waals surface area contributed by atoms with Crippen LogP contribution in [0.2, 0.25) is 0 Å². The van der Waals surface area contributed by atoms with Crippen LogP contribution in [0.3, 0.4) is 0 Å². The van der Waals surface area contributed by atoms with Crippen LogP contribution in [0.25, 0.3) is 0 Å². The molecule has 102 valence electrons. The fourth-order valence-electron chi connectivity index (χ4n) is 1.72. The number of hydrogen-bond donors (Lipinski definition) is 1. The Kier molecular flexibility index (Phi) is 5.46.